The van der Waals surface area contributed by atoms with Gasteiger partial charge in [-0.3, -0.25) is 0 Å². The number of rotatable bonds is 6. The summed E-state index contributed by atoms with van der Waals surface area (Å²) in [6.07, 6.45) is 1.60. The quantitative estimate of drug-likeness (QED) is 0.871. The summed E-state index contributed by atoms with van der Waals surface area (Å²) in [6, 6.07) is 1.82. The van der Waals surface area contributed by atoms with E-state index in [2.05, 4.69) is 54.9 Å². The Balaban J connectivity index is 2.48. The third-order valence-electron chi connectivity index (χ3n) is 2.83. The van der Waals surface area contributed by atoms with E-state index in [9.17, 15) is 0 Å². The van der Waals surface area contributed by atoms with Crippen LogP contribution in [0.4, 0.5) is 11.9 Å². The lowest BCUT2D eigenvalue weighted by atomic mass is 10.4. The molecule has 2 rings (SSSR count). The number of nitrogens with zero attached hydrogens (tertiary/aromatic N) is 4. The van der Waals surface area contributed by atoms with Crippen LogP contribution in [0.2, 0.25) is 0 Å². The molecule has 0 radical (unpaired) electrons. The van der Waals surface area contributed by atoms with Crippen LogP contribution in [0.15, 0.2) is 21.2 Å². The maximum absolute atomic E-state index is 5.44. The monoisotopic (exact) mass is 339 g/mol. The highest BCUT2D eigenvalue weighted by molar-refractivity contribution is 9.10. The molecular weight excluding hydrogens is 322 g/mol. The van der Waals surface area contributed by atoms with Gasteiger partial charge in [0.1, 0.15) is 0 Å². The van der Waals surface area contributed by atoms with Crippen LogP contribution < -0.4 is 10.2 Å². The van der Waals surface area contributed by atoms with Crippen LogP contribution in [0, 0.1) is 0 Å². The molecule has 0 atom stereocenters. The number of anilines is 2. The van der Waals surface area contributed by atoms with E-state index in [1.807, 2.05) is 13.0 Å². The Morgan fingerprint density at radius 1 is 1.20 bits per heavy atom. The van der Waals surface area contributed by atoms with E-state index >= 15 is 0 Å². The predicted octanol–water partition coefficient (Wildman–Crippen LogP) is 3.17. The van der Waals surface area contributed by atoms with Crippen molar-refractivity contribution in [3.8, 4) is 11.6 Å². The average Bonchev–Trinajstić information content (AvgIpc) is 2.87. The maximum Gasteiger partial charge on any atom is 0.230 e. The standard InChI is InChI=1S/C13H18BrN5O/c1-4-15-12-16-11(10-9(14)7-8-20-10)17-13(18-12)19(5-2)6-3/h7-8H,4-6H2,1-3H3,(H,15,16,17,18). The van der Waals surface area contributed by atoms with Gasteiger partial charge in [0, 0.05) is 19.6 Å². The predicted molar refractivity (Wildman–Crippen MR) is 83.0 cm³/mol. The van der Waals surface area contributed by atoms with Gasteiger partial charge in [-0.05, 0) is 42.8 Å². The normalized spacial score (nSPS) is 10.6. The molecule has 0 saturated heterocycles. The van der Waals surface area contributed by atoms with Gasteiger partial charge < -0.3 is 14.6 Å². The van der Waals surface area contributed by atoms with E-state index in [1.165, 1.54) is 0 Å². The van der Waals surface area contributed by atoms with Crippen molar-refractivity contribution in [2.75, 3.05) is 29.9 Å². The van der Waals surface area contributed by atoms with Crippen molar-refractivity contribution in [1.82, 2.24) is 15.0 Å². The fraction of sp³-hybridized carbons (Fsp3) is 0.462. The highest BCUT2D eigenvalue weighted by Gasteiger charge is 2.16. The highest BCUT2D eigenvalue weighted by Crippen LogP contribution is 2.28. The molecule has 2 aromatic heterocycles. The Labute approximate surface area is 126 Å². The first kappa shape index (κ1) is 14.8. The molecular formula is C13H18BrN5O. The summed E-state index contributed by atoms with van der Waals surface area (Å²) in [6.45, 7) is 8.57. The Morgan fingerprint density at radius 2 is 1.95 bits per heavy atom. The van der Waals surface area contributed by atoms with Gasteiger partial charge in [-0.2, -0.15) is 15.0 Å². The summed E-state index contributed by atoms with van der Waals surface area (Å²) >= 11 is 3.43. The molecule has 2 aromatic rings. The summed E-state index contributed by atoms with van der Waals surface area (Å²) < 4.78 is 6.27. The molecule has 0 amide bonds. The zero-order chi connectivity index (χ0) is 14.5. The van der Waals surface area contributed by atoms with E-state index in [0.717, 1.165) is 24.1 Å². The molecule has 0 aliphatic heterocycles. The van der Waals surface area contributed by atoms with Crippen LogP contribution in [-0.2, 0) is 0 Å². The van der Waals surface area contributed by atoms with Crippen molar-refractivity contribution in [2.24, 2.45) is 0 Å². The second-order valence-electron chi connectivity index (χ2n) is 4.08. The van der Waals surface area contributed by atoms with Crippen LogP contribution in [0.5, 0.6) is 0 Å². The van der Waals surface area contributed by atoms with E-state index in [4.69, 9.17) is 4.42 Å². The van der Waals surface area contributed by atoms with Crippen molar-refractivity contribution in [3.05, 3.63) is 16.8 Å². The molecule has 0 bridgehead atoms. The molecule has 0 aromatic carbocycles. The van der Waals surface area contributed by atoms with Crippen molar-refractivity contribution < 1.29 is 4.42 Å². The molecule has 108 valence electrons. The smallest absolute Gasteiger partial charge is 0.230 e. The molecule has 0 unspecified atom stereocenters. The Kier molecular flexibility index (Phi) is 4.94. The number of halogens is 1. The first-order chi connectivity index (χ1) is 9.69. The van der Waals surface area contributed by atoms with Crippen molar-refractivity contribution in [1.29, 1.82) is 0 Å². The van der Waals surface area contributed by atoms with Crippen LogP contribution >= 0.6 is 15.9 Å². The number of nitrogens with one attached hydrogen (secondary N) is 1. The molecule has 7 heteroatoms. The summed E-state index contributed by atoms with van der Waals surface area (Å²) in [5.41, 5.74) is 0. The van der Waals surface area contributed by atoms with Crippen LogP contribution in [0.1, 0.15) is 20.8 Å². The van der Waals surface area contributed by atoms with Gasteiger partial charge in [0.2, 0.25) is 17.7 Å². The molecule has 0 spiro atoms. The van der Waals surface area contributed by atoms with E-state index < -0.39 is 0 Å². The van der Waals surface area contributed by atoms with Gasteiger partial charge >= 0.3 is 0 Å². The third kappa shape index (κ3) is 3.09. The fourth-order valence-corrected chi connectivity index (χ4v) is 2.18. The fourth-order valence-electron chi connectivity index (χ4n) is 1.80. The van der Waals surface area contributed by atoms with Gasteiger partial charge in [-0.1, -0.05) is 0 Å². The molecule has 20 heavy (non-hydrogen) atoms. The Morgan fingerprint density at radius 3 is 2.50 bits per heavy atom. The van der Waals surface area contributed by atoms with E-state index in [-0.39, 0.29) is 0 Å². The zero-order valence-corrected chi connectivity index (χ0v) is 13.4. The summed E-state index contributed by atoms with van der Waals surface area (Å²) in [5.74, 6) is 2.34. The second-order valence-corrected chi connectivity index (χ2v) is 4.94. The van der Waals surface area contributed by atoms with Gasteiger partial charge in [-0.25, -0.2) is 0 Å². The second kappa shape index (κ2) is 6.69. The lowest BCUT2D eigenvalue weighted by molar-refractivity contribution is 0.575. The minimum Gasteiger partial charge on any atom is -0.460 e. The average molecular weight is 340 g/mol. The van der Waals surface area contributed by atoms with Crippen molar-refractivity contribution in [2.45, 2.75) is 20.8 Å². The Hall–Kier alpha value is -1.63. The minimum atomic E-state index is 0.523. The van der Waals surface area contributed by atoms with E-state index in [1.54, 1.807) is 6.26 Å². The number of hydrogen-bond acceptors (Lipinski definition) is 6. The first-order valence-corrected chi connectivity index (χ1v) is 7.47. The molecule has 0 saturated carbocycles. The lowest BCUT2D eigenvalue weighted by Crippen LogP contribution is -2.25. The highest BCUT2D eigenvalue weighted by atomic mass is 79.9. The number of hydrogen-bond donors (Lipinski definition) is 1. The maximum atomic E-state index is 5.44. The number of aromatic nitrogens is 3. The van der Waals surface area contributed by atoms with Gasteiger partial charge in [0.05, 0.1) is 10.7 Å². The molecule has 0 fully saturated rings. The summed E-state index contributed by atoms with van der Waals surface area (Å²) in [4.78, 5) is 15.4. The van der Waals surface area contributed by atoms with Crippen LogP contribution in [0.3, 0.4) is 0 Å². The van der Waals surface area contributed by atoms with Crippen molar-refractivity contribution in [3.63, 3.8) is 0 Å². The van der Waals surface area contributed by atoms with Gasteiger partial charge in [0.15, 0.2) is 5.76 Å². The molecule has 1 N–H and O–H groups in total. The van der Waals surface area contributed by atoms with Gasteiger partial charge in [-0.15, -0.1) is 0 Å². The SMILES string of the molecule is CCNc1nc(-c2occc2Br)nc(N(CC)CC)n1. The molecule has 2 heterocycles. The first-order valence-electron chi connectivity index (χ1n) is 6.67. The molecule has 0 aliphatic carbocycles. The lowest BCUT2D eigenvalue weighted by Gasteiger charge is -2.19. The third-order valence-corrected chi connectivity index (χ3v) is 3.45. The minimum absolute atomic E-state index is 0.523. The summed E-state index contributed by atoms with van der Waals surface area (Å²) in [7, 11) is 0. The molecule has 0 aliphatic rings. The van der Waals surface area contributed by atoms with Crippen LogP contribution in [-0.4, -0.2) is 34.6 Å². The Bertz CT molecular complexity index is 568. The van der Waals surface area contributed by atoms with Crippen LogP contribution in [0.25, 0.3) is 11.6 Å². The summed E-state index contributed by atoms with van der Waals surface area (Å²) in [5, 5.41) is 3.13. The molecule has 6 nitrogen and oxygen atoms in total. The van der Waals surface area contributed by atoms with Crippen molar-refractivity contribution >= 4 is 27.8 Å². The zero-order valence-electron chi connectivity index (χ0n) is 11.9. The van der Waals surface area contributed by atoms with E-state index in [0.29, 0.717) is 23.5 Å². The van der Waals surface area contributed by atoms with Gasteiger partial charge in [0.25, 0.3) is 0 Å². The largest absolute Gasteiger partial charge is 0.460 e. The topological polar surface area (TPSA) is 67.1 Å². The number of furan rings is 1.